The molecule has 1 heterocycles. The Morgan fingerprint density at radius 1 is 1.15 bits per heavy atom. The molecule has 0 atom stereocenters. The van der Waals surface area contributed by atoms with E-state index in [1.807, 2.05) is 61.0 Å². The molecule has 0 aliphatic heterocycles. The lowest BCUT2D eigenvalue weighted by molar-refractivity contribution is 0.0697. The second-order valence-electron chi connectivity index (χ2n) is 5.87. The number of carboxylic acid groups (broad SMARTS) is 1. The van der Waals surface area contributed by atoms with Gasteiger partial charge in [-0.15, -0.1) is 0 Å². The fourth-order valence-electron chi connectivity index (χ4n) is 2.80. The summed E-state index contributed by atoms with van der Waals surface area (Å²) in [6.45, 7) is 3.95. The highest BCUT2D eigenvalue weighted by Gasteiger charge is 2.14. The molecule has 1 aromatic heterocycles. The number of aromatic carboxylic acids is 1. The number of aliphatic imine (C=N–C) groups is 1. The van der Waals surface area contributed by atoms with E-state index in [0.29, 0.717) is 0 Å². The van der Waals surface area contributed by atoms with Gasteiger partial charge in [-0.25, -0.2) is 4.79 Å². The molecule has 3 rings (SSSR count). The number of nitrogens with zero attached hydrogens (tertiary/aromatic N) is 2. The van der Waals surface area contributed by atoms with Crippen molar-refractivity contribution < 1.29 is 9.90 Å². The maximum atomic E-state index is 11.3. The molecule has 1 N–H and O–H groups in total. The third-order valence-electron chi connectivity index (χ3n) is 4.09. The van der Waals surface area contributed by atoms with Gasteiger partial charge in [0.15, 0.2) is 0 Å². The van der Waals surface area contributed by atoms with Crippen molar-refractivity contribution in [3.05, 3.63) is 80.5 Å². The topological polar surface area (TPSA) is 54.6 Å². The lowest BCUT2D eigenvalue weighted by Crippen LogP contribution is -2.03. The standard InChI is InChI=1S/C20H16BrClN2O2/c1-12-9-14(11-23-16-5-3-15(21)4-6-16)13(2)24(12)17-7-8-19(22)18(10-17)20(25)26/h3-11H,1-2H3,(H,25,26). The van der Waals surface area contributed by atoms with Gasteiger partial charge in [-0.05, 0) is 62.4 Å². The van der Waals surface area contributed by atoms with Crippen LogP contribution in [-0.2, 0) is 0 Å². The van der Waals surface area contributed by atoms with Gasteiger partial charge in [-0.3, -0.25) is 4.99 Å². The number of hydrogen-bond acceptors (Lipinski definition) is 2. The van der Waals surface area contributed by atoms with Crippen LogP contribution in [0.15, 0.2) is 58.0 Å². The Balaban J connectivity index is 1.99. The summed E-state index contributed by atoms with van der Waals surface area (Å²) in [5, 5.41) is 9.52. The maximum Gasteiger partial charge on any atom is 0.337 e. The van der Waals surface area contributed by atoms with Crippen molar-refractivity contribution in [2.75, 3.05) is 0 Å². The summed E-state index contributed by atoms with van der Waals surface area (Å²) < 4.78 is 3.00. The summed E-state index contributed by atoms with van der Waals surface area (Å²) in [5.74, 6) is -1.05. The number of halogens is 2. The average molecular weight is 432 g/mol. The van der Waals surface area contributed by atoms with E-state index in [1.54, 1.807) is 12.1 Å². The molecule has 6 heteroatoms. The fourth-order valence-corrected chi connectivity index (χ4v) is 3.27. The van der Waals surface area contributed by atoms with Gasteiger partial charge in [-0.2, -0.15) is 0 Å². The summed E-state index contributed by atoms with van der Waals surface area (Å²) in [6.07, 6.45) is 1.82. The highest BCUT2D eigenvalue weighted by molar-refractivity contribution is 9.10. The van der Waals surface area contributed by atoms with E-state index in [2.05, 4.69) is 20.9 Å². The molecule has 132 valence electrons. The molecule has 0 saturated heterocycles. The minimum Gasteiger partial charge on any atom is -0.478 e. The molecule has 0 aliphatic rings. The number of rotatable bonds is 4. The summed E-state index contributed by atoms with van der Waals surface area (Å²) in [6, 6.07) is 14.8. The van der Waals surface area contributed by atoms with E-state index < -0.39 is 5.97 Å². The normalized spacial score (nSPS) is 11.2. The number of carbonyl (C=O) groups is 1. The highest BCUT2D eigenvalue weighted by atomic mass is 79.9. The molecule has 0 spiro atoms. The molecule has 0 saturated carbocycles. The van der Waals surface area contributed by atoms with Crippen LogP contribution in [0.5, 0.6) is 0 Å². The molecule has 3 aromatic rings. The zero-order valence-corrected chi connectivity index (χ0v) is 16.5. The second kappa shape index (κ2) is 7.48. The van der Waals surface area contributed by atoms with Crippen molar-refractivity contribution in [3.63, 3.8) is 0 Å². The number of aryl methyl sites for hydroxylation is 1. The summed E-state index contributed by atoms with van der Waals surface area (Å²) in [7, 11) is 0. The molecule has 0 aliphatic carbocycles. The lowest BCUT2D eigenvalue weighted by Gasteiger charge is -2.11. The third-order valence-corrected chi connectivity index (χ3v) is 4.95. The first kappa shape index (κ1) is 18.4. The van der Waals surface area contributed by atoms with Crippen molar-refractivity contribution in [2.24, 2.45) is 4.99 Å². The molecule has 0 unspecified atom stereocenters. The van der Waals surface area contributed by atoms with Crippen molar-refractivity contribution in [1.82, 2.24) is 4.57 Å². The van der Waals surface area contributed by atoms with E-state index in [4.69, 9.17) is 11.6 Å². The van der Waals surface area contributed by atoms with Gasteiger partial charge in [-0.1, -0.05) is 27.5 Å². The average Bonchev–Trinajstić information content (AvgIpc) is 2.89. The molecule has 0 fully saturated rings. The van der Waals surface area contributed by atoms with Crippen LogP contribution in [0.2, 0.25) is 5.02 Å². The second-order valence-corrected chi connectivity index (χ2v) is 7.19. The van der Waals surface area contributed by atoms with E-state index in [9.17, 15) is 9.90 Å². The Bertz CT molecular complexity index is 1010. The van der Waals surface area contributed by atoms with Gasteiger partial charge < -0.3 is 9.67 Å². The number of carboxylic acids is 1. The largest absolute Gasteiger partial charge is 0.478 e. The Labute approximate surface area is 164 Å². The zero-order chi connectivity index (χ0) is 18.8. The van der Waals surface area contributed by atoms with Gasteiger partial charge in [0.1, 0.15) is 0 Å². The fraction of sp³-hybridized carbons (Fsp3) is 0.100. The van der Waals surface area contributed by atoms with Gasteiger partial charge in [0.25, 0.3) is 0 Å². The van der Waals surface area contributed by atoms with Crippen molar-refractivity contribution >= 4 is 45.4 Å². The first-order chi connectivity index (χ1) is 12.4. The summed E-state index contributed by atoms with van der Waals surface area (Å²) >= 11 is 9.38. The van der Waals surface area contributed by atoms with Gasteiger partial charge >= 0.3 is 5.97 Å². The predicted molar refractivity (Wildman–Crippen MR) is 109 cm³/mol. The van der Waals surface area contributed by atoms with Crippen molar-refractivity contribution in [1.29, 1.82) is 0 Å². The molecule has 4 nitrogen and oxygen atoms in total. The first-order valence-corrected chi connectivity index (χ1v) is 9.05. The van der Waals surface area contributed by atoms with Crippen LogP contribution in [0.3, 0.4) is 0 Å². The maximum absolute atomic E-state index is 11.3. The molecule has 26 heavy (non-hydrogen) atoms. The first-order valence-electron chi connectivity index (χ1n) is 7.88. The minimum atomic E-state index is -1.05. The quantitative estimate of drug-likeness (QED) is 0.518. The van der Waals surface area contributed by atoms with E-state index >= 15 is 0 Å². The molecular weight excluding hydrogens is 416 g/mol. The minimum absolute atomic E-state index is 0.0850. The predicted octanol–water partition coefficient (Wildman–Crippen LogP) is 5.96. The van der Waals surface area contributed by atoms with E-state index in [1.165, 1.54) is 0 Å². The molecule has 0 radical (unpaired) electrons. The number of benzene rings is 2. The van der Waals surface area contributed by atoms with Crippen LogP contribution in [0, 0.1) is 13.8 Å². The Morgan fingerprint density at radius 2 is 1.85 bits per heavy atom. The van der Waals surface area contributed by atoms with E-state index in [-0.39, 0.29) is 10.6 Å². The van der Waals surface area contributed by atoms with Crippen molar-refractivity contribution in [3.8, 4) is 5.69 Å². The highest BCUT2D eigenvalue weighted by Crippen LogP contribution is 2.25. The Hall–Kier alpha value is -2.37. The van der Waals surface area contributed by atoms with Crippen LogP contribution in [0.25, 0.3) is 5.69 Å². The van der Waals surface area contributed by atoms with Crippen LogP contribution in [0.1, 0.15) is 27.3 Å². The summed E-state index contributed by atoms with van der Waals surface area (Å²) in [4.78, 5) is 15.9. The van der Waals surface area contributed by atoms with Crippen LogP contribution in [-0.4, -0.2) is 21.9 Å². The van der Waals surface area contributed by atoms with Crippen molar-refractivity contribution in [2.45, 2.75) is 13.8 Å². The van der Waals surface area contributed by atoms with E-state index in [0.717, 1.165) is 32.8 Å². The Morgan fingerprint density at radius 3 is 2.50 bits per heavy atom. The van der Waals surface area contributed by atoms with Gasteiger partial charge in [0, 0.05) is 33.3 Å². The Kier molecular flexibility index (Phi) is 5.30. The molecule has 0 amide bonds. The zero-order valence-electron chi connectivity index (χ0n) is 14.2. The molecule has 0 bridgehead atoms. The monoisotopic (exact) mass is 430 g/mol. The van der Waals surface area contributed by atoms with Crippen LogP contribution >= 0.6 is 27.5 Å². The summed E-state index contributed by atoms with van der Waals surface area (Å²) in [5.41, 5.74) is 4.63. The lowest BCUT2D eigenvalue weighted by atomic mass is 10.2. The van der Waals surface area contributed by atoms with Crippen LogP contribution in [0.4, 0.5) is 5.69 Å². The van der Waals surface area contributed by atoms with Gasteiger partial charge in [0.2, 0.25) is 0 Å². The number of hydrogen-bond donors (Lipinski definition) is 1. The SMILES string of the molecule is Cc1cc(C=Nc2ccc(Br)cc2)c(C)n1-c1ccc(Cl)c(C(=O)O)c1. The van der Waals surface area contributed by atoms with Gasteiger partial charge in [0.05, 0.1) is 16.3 Å². The third kappa shape index (κ3) is 3.74. The van der Waals surface area contributed by atoms with Crippen LogP contribution < -0.4 is 0 Å². The molecular formula is C20H16BrClN2O2. The molecule has 2 aromatic carbocycles. The smallest absolute Gasteiger partial charge is 0.337 e. The number of aromatic nitrogens is 1.